The SMILES string of the molecule is O=S1(=O)CCCC(NCC(F)(F)CO)C1. The van der Waals surface area contributed by atoms with E-state index in [0.717, 1.165) is 0 Å². The molecule has 0 aromatic rings. The van der Waals surface area contributed by atoms with Crippen LogP contribution in [0.5, 0.6) is 0 Å². The molecule has 0 aliphatic carbocycles. The number of rotatable bonds is 4. The minimum atomic E-state index is -3.18. The topological polar surface area (TPSA) is 66.4 Å². The van der Waals surface area contributed by atoms with E-state index in [4.69, 9.17) is 5.11 Å². The summed E-state index contributed by atoms with van der Waals surface area (Å²) in [6, 6.07) is -0.416. The van der Waals surface area contributed by atoms with Crippen molar-refractivity contribution in [2.75, 3.05) is 24.7 Å². The molecule has 1 fully saturated rings. The Hall–Kier alpha value is -0.270. The van der Waals surface area contributed by atoms with Crippen LogP contribution in [0.1, 0.15) is 12.8 Å². The Morgan fingerprint density at radius 2 is 2.13 bits per heavy atom. The van der Waals surface area contributed by atoms with Crippen LogP contribution in [0.3, 0.4) is 0 Å². The van der Waals surface area contributed by atoms with Crippen LogP contribution >= 0.6 is 0 Å². The second kappa shape index (κ2) is 4.71. The van der Waals surface area contributed by atoms with Gasteiger partial charge in [-0.05, 0) is 12.8 Å². The van der Waals surface area contributed by atoms with Crippen LogP contribution < -0.4 is 5.32 Å². The van der Waals surface area contributed by atoms with Crippen molar-refractivity contribution in [3.63, 3.8) is 0 Å². The Kier molecular flexibility index (Phi) is 4.02. The summed E-state index contributed by atoms with van der Waals surface area (Å²) in [6.07, 6.45) is 1.09. The van der Waals surface area contributed by atoms with Gasteiger partial charge in [0.25, 0.3) is 5.92 Å². The highest BCUT2D eigenvalue weighted by atomic mass is 32.2. The van der Waals surface area contributed by atoms with E-state index in [1.807, 2.05) is 0 Å². The lowest BCUT2D eigenvalue weighted by molar-refractivity contribution is -0.0491. The Balaban J connectivity index is 2.40. The molecule has 2 N–H and O–H groups in total. The maximum Gasteiger partial charge on any atom is 0.282 e. The summed E-state index contributed by atoms with van der Waals surface area (Å²) < 4.78 is 47.6. The van der Waals surface area contributed by atoms with Gasteiger partial charge in [0.1, 0.15) is 6.61 Å². The lowest BCUT2D eigenvalue weighted by atomic mass is 10.2. The molecule has 0 aromatic heterocycles. The van der Waals surface area contributed by atoms with Gasteiger partial charge in [-0.3, -0.25) is 0 Å². The van der Waals surface area contributed by atoms with Crippen LogP contribution in [0.25, 0.3) is 0 Å². The zero-order valence-electron chi connectivity index (χ0n) is 8.25. The molecule has 0 bridgehead atoms. The first-order valence-electron chi connectivity index (χ1n) is 4.77. The number of aliphatic hydroxyl groups is 1. The predicted molar refractivity (Wildman–Crippen MR) is 51.7 cm³/mol. The molecule has 1 aliphatic rings. The van der Waals surface area contributed by atoms with Crippen molar-refractivity contribution in [1.29, 1.82) is 0 Å². The van der Waals surface area contributed by atoms with Gasteiger partial charge in [-0.25, -0.2) is 17.2 Å². The molecule has 7 heteroatoms. The summed E-state index contributed by atoms with van der Waals surface area (Å²) in [7, 11) is -3.08. The number of halogens is 2. The predicted octanol–water partition coefficient (Wildman–Crippen LogP) is -0.219. The summed E-state index contributed by atoms with van der Waals surface area (Å²) in [4.78, 5) is 0. The molecule has 1 saturated heterocycles. The molecule has 1 unspecified atom stereocenters. The highest BCUT2D eigenvalue weighted by molar-refractivity contribution is 7.91. The van der Waals surface area contributed by atoms with Crippen molar-refractivity contribution < 1.29 is 22.3 Å². The normalized spacial score (nSPS) is 26.5. The molecule has 90 valence electrons. The third-order valence-corrected chi connectivity index (χ3v) is 4.16. The lowest BCUT2D eigenvalue weighted by Crippen LogP contribution is -2.46. The molecule has 4 nitrogen and oxygen atoms in total. The van der Waals surface area contributed by atoms with Gasteiger partial charge in [0.15, 0.2) is 9.84 Å². The Bertz CT molecular complexity index is 305. The van der Waals surface area contributed by atoms with Crippen LogP contribution in [-0.2, 0) is 9.84 Å². The Labute approximate surface area is 87.6 Å². The highest BCUT2D eigenvalue weighted by Crippen LogP contribution is 2.15. The van der Waals surface area contributed by atoms with Crippen LogP contribution in [-0.4, -0.2) is 50.1 Å². The second-order valence-electron chi connectivity index (χ2n) is 3.85. The number of hydrogen-bond donors (Lipinski definition) is 2. The fourth-order valence-corrected chi connectivity index (χ4v) is 3.20. The standard InChI is InChI=1S/C8H15F2NO3S/c9-8(10,6-12)5-11-7-2-1-3-15(13,14)4-7/h7,11-12H,1-6H2. The van der Waals surface area contributed by atoms with Gasteiger partial charge >= 0.3 is 0 Å². The number of alkyl halides is 2. The largest absolute Gasteiger partial charge is 0.390 e. The lowest BCUT2D eigenvalue weighted by Gasteiger charge is -2.25. The summed E-state index contributed by atoms with van der Waals surface area (Å²) in [5, 5.41) is 10.8. The fourth-order valence-electron chi connectivity index (χ4n) is 1.53. The van der Waals surface area contributed by atoms with E-state index in [-0.39, 0.29) is 11.5 Å². The van der Waals surface area contributed by atoms with Crippen molar-refractivity contribution >= 4 is 9.84 Å². The van der Waals surface area contributed by atoms with Crippen molar-refractivity contribution in [2.45, 2.75) is 24.8 Å². The smallest absolute Gasteiger partial charge is 0.282 e. The van der Waals surface area contributed by atoms with Crippen LogP contribution in [0.15, 0.2) is 0 Å². The van der Waals surface area contributed by atoms with E-state index in [9.17, 15) is 17.2 Å². The minimum Gasteiger partial charge on any atom is -0.390 e. The summed E-state index contributed by atoms with van der Waals surface area (Å²) in [6.45, 7) is -1.90. The van der Waals surface area contributed by atoms with E-state index in [2.05, 4.69) is 5.32 Å². The van der Waals surface area contributed by atoms with Gasteiger partial charge in [0.2, 0.25) is 0 Å². The molecule has 1 aliphatic heterocycles. The molecule has 0 amide bonds. The quantitative estimate of drug-likeness (QED) is 0.716. The van der Waals surface area contributed by atoms with Gasteiger partial charge in [-0.2, -0.15) is 0 Å². The van der Waals surface area contributed by atoms with Crippen LogP contribution in [0.2, 0.25) is 0 Å². The van der Waals surface area contributed by atoms with E-state index < -0.39 is 35.0 Å². The monoisotopic (exact) mass is 243 g/mol. The minimum absolute atomic E-state index is 0.0888. The van der Waals surface area contributed by atoms with E-state index in [1.54, 1.807) is 0 Å². The van der Waals surface area contributed by atoms with Crippen molar-refractivity contribution in [3.8, 4) is 0 Å². The fraction of sp³-hybridized carbons (Fsp3) is 1.00. The van der Waals surface area contributed by atoms with Gasteiger partial charge < -0.3 is 10.4 Å². The van der Waals surface area contributed by atoms with Gasteiger partial charge in [0.05, 0.1) is 18.1 Å². The molecule has 0 aromatic carbocycles. The van der Waals surface area contributed by atoms with Crippen LogP contribution in [0.4, 0.5) is 8.78 Å². The molecule has 15 heavy (non-hydrogen) atoms. The molecule has 1 rings (SSSR count). The van der Waals surface area contributed by atoms with Gasteiger partial charge in [-0.1, -0.05) is 0 Å². The molecule has 0 saturated carbocycles. The maximum atomic E-state index is 12.6. The van der Waals surface area contributed by atoms with Gasteiger partial charge in [-0.15, -0.1) is 0 Å². The first kappa shape index (κ1) is 12.8. The summed E-state index contributed by atoms with van der Waals surface area (Å²) in [5.74, 6) is -3.13. The molecule has 0 spiro atoms. The molecule has 1 atom stereocenters. The number of hydrogen-bond acceptors (Lipinski definition) is 4. The Morgan fingerprint density at radius 1 is 1.47 bits per heavy atom. The van der Waals surface area contributed by atoms with Crippen LogP contribution in [0, 0.1) is 0 Å². The van der Waals surface area contributed by atoms with E-state index in [1.165, 1.54) is 0 Å². The average Bonchev–Trinajstić information content (AvgIpc) is 2.14. The van der Waals surface area contributed by atoms with Crippen molar-refractivity contribution in [2.24, 2.45) is 0 Å². The van der Waals surface area contributed by atoms with E-state index in [0.29, 0.717) is 12.8 Å². The highest BCUT2D eigenvalue weighted by Gasteiger charge is 2.31. The van der Waals surface area contributed by atoms with E-state index >= 15 is 0 Å². The first-order chi connectivity index (χ1) is 6.85. The molecular formula is C8H15F2NO3S. The number of sulfone groups is 1. The zero-order valence-corrected chi connectivity index (χ0v) is 9.06. The van der Waals surface area contributed by atoms with Gasteiger partial charge in [0, 0.05) is 6.04 Å². The van der Waals surface area contributed by atoms with Crippen molar-refractivity contribution in [3.05, 3.63) is 0 Å². The molecule has 0 radical (unpaired) electrons. The first-order valence-corrected chi connectivity index (χ1v) is 6.59. The third-order valence-electron chi connectivity index (χ3n) is 2.34. The third kappa shape index (κ3) is 4.40. The zero-order chi connectivity index (χ0) is 11.5. The number of nitrogens with one attached hydrogen (secondary N) is 1. The summed E-state index contributed by atoms with van der Waals surface area (Å²) >= 11 is 0. The number of aliphatic hydroxyl groups excluding tert-OH is 1. The summed E-state index contributed by atoms with van der Waals surface area (Å²) in [5.41, 5.74) is 0. The molecule has 1 heterocycles. The average molecular weight is 243 g/mol. The second-order valence-corrected chi connectivity index (χ2v) is 6.08. The maximum absolute atomic E-state index is 12.6. The molecular weight excluding hydrogens is 228 g/mol. The van der Waals surface area contributed by atoms with Crippen molar-refractivity contribution in [1.82, 2.24) is 5.32 Å². The Morgan fingerprint density at radius 3 is 2.67 bits per heavy atom.